The fraction of sp³-hybridized carbons (Fsp3) is 0.0833. The van der Waals surface area contributed by atoms with Crippen LogP contribution < -0.4 is 15.2 Å². The van der Waals surface area contributed by atoms with E-state index in [0.717, 1.165) is 20.3 Å². The second kappa shape index (κ2) is 7.86. The zero-order valence-electron chi connectivity index (χ0n) is 16.7. The third-order valence-corrected chi connectivity index (χ3v) is 6.74. The first-order valence-electron chi connectivity index (χ1n) is 9.62. The number of fused-ring (bicyclic) bond motifs is 2. The number of nitrogens with zero attached hydrogens (tertiary/aromatic N) is 1. The van der Waals surface area contributed by atoms with E-state index in [0.29, 0.717) is 22.5 Å². The van der Waals surface area contributed by atoms with Crippen LogP contribution in [0.15, 0.2) is 74.3 Å². The maximum Gasteiger partial charge on any atom is 0.379 e. The van der Waals surface area contributed by atoms with Crippen molar-refractivity contribution in [3.8, 4) is 17.6 Å². The summed E-state index contributed by atoms with van der Waals surface area (Å²) in [4.78, 5) is 13.8. The van der Waals surface area contributed by atoms with Crippen molar-refractivity contribution in [3.05, 3.63) is 91.6 Å². The number of hydrogen-bond donors (Lipinski definition) is 1. The number of carbonyl (C=O) groups excluding carboxylic acids is 1. The lowest BCUT2D eigenvalue weighted by Crippen LogP contribution is -2.20. The largest absolute Gasteiger partial charge is 0.449 e. The van der Waals surface area contributed by atoms with Crippen molar-refractivity contribution in [1.29, 1.82) is 5.26 Å². The van der Waals surface area contributed by atoms with Crippen molar-refractivity contribution in [2.75, 3.05) is 0 Å². The standard InChI is InChI=1S/C24H15BrN2O4S/c1-12-15-6-4-13(25)9-18(15)30-22(12)24(28)29-14-5-7-16-19(10-14)31-23(27)17(11-26)21(16)20-3-2-8-32-20/h2-10,21H,27H2,1H3. The summed E-state index contributed by atoms with van der Waals surface area (Å²) in [5.74, 6) is -0.0328. The minimum absolute atomic E-state index is 0.0422. The predicted octanol–water partition coefficient (Wildman–Crippen LogP) is 6.00. The van der Waals surface area contributed by atoms with Gasteiger partial charge in [-0.05, 0) is 42.6 Å². The highest BCUT2D eigenvalue weighted by Crippen LogP contribution is 2.44. The van der Waals surface area contributed by atoms with Gasteiger partial charge in [-0.15, -0.1) is 11.3 Å². The monoisotopic (exact) mass is 506 g/mol. The van der Waals surface area contributed by atoms with Crippen LogP contribution in [0.1, 0.15) is 32.5 Å². The van der Waals surface area contributed by atoms with Gasteiger partial charge >= 0.3 is 5.97 Å². The number of halogens is 1. The van der Waals surface area contributed by atoms with E-state index >= 15 is 0 Å². The predicted molar refractivity (Wildman–Crippen MR) is 124 cm³/mol. The Morgan fingerprint density at radius 3 is 2.84 bits per heavy atom. The van der Waals surface area contributed by atoms with Crippen molar-refractivity contribution >= 4 is 44.2 Å². The molecule has 32 heavy (non-hydrogen) atoms. The maximum absolute atomic E-state index is 12.8. The van der Waals surface area contributed by atoms with Gasteiger partial charge in [0.25, 0.3) is 0 Å². The van der Waals surface area contributed by atoms with Gasteiger partial charge in [0.05, 0.1) is 5.92 Å². The van der Waals surface area contributed by atoms with Gasteiger partial charge in [-0.1, -0.05) is 28.1 Å². The molecule has 0 bridgehead atoms. The van der Waals surface area contributed by atoms with Crippen molar-refractivity contribution < 1.29 is 18.7 Å². The van der Waals surface area contributed by atoms with Crippen LogP contribution in [0.3, 0.4) is 0 Å². The molecule has 3 heterocycles. The average Bonchev–Trinajstić information content (AvgIpc) is 3.40. The molecule has 1 aliphatic heterocycles. The fourth-order valence-electron chi connectivity index (χ4n) is 3.79. The summed E-state index contributed by atoms with van der Waals surface area (Å²) in [6.45, 7) is 1.81. The summed E-state index contributed by atoms with van der Waals surface area (Å²) in [7, 11) is 0. The normalized spacial score (nSPS) is 15.2. The molecule has 2 aromatic heterocycles. The van der Waals surface area contributed by atoms with Crippen LogP contribution in [0.4, 0.5) is 0 Å². The number of thiophene rings is 1. The highest BCUT2D eigenvalue weighted by Gasteiger charge is 2.32. The minimum Gasteiger partial charge on any atom is -0.449 e. The van der Waals surface area contributed by atoms with Crippen molar-refractivity contribution in [2.45, 2.75) is 12.8 Å². The molecule has 1 aliphatic rings. The van der Waals surface area contributed by atoms with Crippen LogP contribution >= 0.6 is 27.3 Å². The van der Waals surface area contributed by atoms with Gasteiger partial charge < -0.3 is 19.6 Å². The van der Waals surface area contributed by atoms with E-state index in [9.17, 15) is 10.1 Å². The number of nitriles is 1. The summed E-state index contributed by atoms with van der Waals surface area (Å²) in [5.41, 5.74) is 8.47. The molecule has 158 valence electrons. The molecule has 0 spiro atoms. The Bertz CT molecular complexity index is 1450. The average molecular weight is 507 g/mol. The van der Waals surface area contributed by atoms with Gasteiger partial charge in [0.1, 0.15) is 28.7 Å². The fourth-order valence-corrected chi connectivity index (χ4v) is 4.99. The Morgan fingerprint density at radius 2 is 2.09 bits per heavy atom. The number of furan rings is 1. The number of esters is 1. The lowest BCUT2D eigenvalue weighted by atomic mass is 9.88. The second-order valence-corrected chi connectivity index (χ2v) is 9.12. The number of nitrogens with two attached hydrogens (primary N) is 1. The van der Waals surface area contributed by atoms with E-state index in [1.807, 2.05) is 36.6 Å². The maximum atomic E-state index is 12.8. The van der Waals surface area contributed by atoms with Gasteiger partial charge in [0, 0.05) is 31.9 Å². The van der Waals surface area contributed by atoms with Gasteiger partial charge in [-0.2, -0.15) is 5.26 Å². The van der Waals surface area contributed by atoms with Gasteiger partial charge in [-0.25, -0.2) is 4.79 Å². The molecule has 1 unspecified atom stereocenters. The topological polar surface area (TPSA) is 98.5 Å². The number of benzene rings is 2. The van der Waals surface area contributed by atoms with E-state index in [4.69, 9.17) is 19.6 Å². The molecule has 0 radical (unpaired) electrons. The lowest BCUT2D eigenvalue weighted by molar-refractivity contribution is 0.0702. The highest BCUT2D eigenvalue weighted by molar-refractivity contribution is 9.10. The lowest BCUT2D eigenvalue weighted by Gasteiger charge is -2.25. The minimum atomic E-state index is -0.610. The van der Waals surface area contributed by atoms with Gasteiger partial charge in [0.2, 0.25) is 11.6 Å². The van der Waals surface area contributed by atoms with Crippen molar-refractivity contribution in [3.63, 3.8) is 0 Å². The van der Waals surface area contributed by atoms with Crippen molar-refractivity contribution in [2.24, 2.45) is 5.73 Å². The molecule has 0 saturated carbocycles. The molecule has 0 saturated heterocycles. The Hall–Kier alpha value is -3.54. The van der Waals surface area contributed by atoms with E-state index in [-0.39, 0.29) is 23.3 Å². The number of rotatable bonds is 3. The summed E-state index contributed by atoms with van der Waals surface area (Å²) in [5, 5.41) is 12.4. The Kier molecular flexibility index (Phi) is 5.00. The zero-order valence-corrected chi connectivity index (χ0v) is 19.1. The molecule has 0 aliphatic carbocycles. The first kappa shape index (κ1) is 20.4. The summed E-state index contributed by atoms with van der Waals surface area (Å²) >= 11 is 4.94. The molecule has 1 atom stereocenters. The smallest absolute Gasteiger partial charge is 0.379 e. The molecule has 5 rings (SSSR count). The molecular formula is C24H15BrN2O4S. The third kappa shape index (κ3) is 3.36. The van der Waals surface area contributed by atoms with Crippen LogP contribution in [0.25, 0.3) is 11.0 Å². The van der Waals surface area contributed by atoms with Gasteiger partial charge in [-0.3, -0.25) is 0 Å². The summed E-state index contributed by atoms with van der Waals surface area (Å²) in [6, 6.07) is 16.7. The Labute approximate surface area is 195 Å². The summed E-state index contributed by atoms with van der Waals surface area (Å²) < 4.78 is 17.9. The van der Waals surface area contributed by atoms with E-state index in [1.54, 1.807) is 24.3 Å². The SMILES string of the molecule is Cc1c(C(=O)Oc2ccc3c(c2)OC(N)=C(C#N)C3c2cccs2)oc2cc(Br)ccc12. The third-order valence-electron chi connectivity index (χ3n) is 5.31. The zero-order chi connectivity index (χ0) is 22.4. The number of aryl methyl sites for hydroxylation is 1. The molecule has 8 heteroatoms. The van der Waals surface area contributed by atoms with Gasteiger partial charge in [0.15, 0.2) is 0 Å². The van der Waals surface area contributed by atoms with Crippen molar-refractivity contribution in [1.82, 2.24) is 0 Å². The molecule has 0 amide bonds. The molecule has 0 fully saturated rings. The molecule has 2 aromatic carbocycles. The number of allylic oxidation sites excluding steroid dienone is 1. The first-order valence-corrected chi connectivity index (χ1v) is 11.3. The Morgan fingerprint density at radius 1 is 1.25 bits per heavy atom. The quantitative estimate of drug-likeness (QED) is 0.270. The second-order valence-electron chi connectivity index (χ2n) is 7.23. The number of carbonyl (C=O) groups is 1. The number of hydrogen-bond acceptors (Lipinski definition) is 7. The molecular weight excluding hydrogens is 492 g/mol. The first-order chi connectivity index (χ1) is 15.5. The van der Waals surface area contributed by atoms with Crippen LogP contribution in [-0.2, 0) is 0 Å². The molecule has 6 nitrogen and oxygen atoms in total. The molecule has 4 aromatic rings. The van der Waals surface area contributed by atoms with Crippen LogP contribution in [0.5, 0.6) is 11.5 Å². The Balaban J connectivity index is 1.48. The van der Waals surface area contributed by atoms with E-state index in [2.05, 4.69) is 22.0 Å². The van der Waals surface area contributed by atoms with E-state index in [1.165, 1.54) is 11.3 Å². The van der Waals surface area contributed by atoms with Crippen LogP contribution in [0, 0.1) is 18.3 Å². The van der Waals surface area contributed by atoms with Crippen LogP contribution in [-0.4, -0.2) is 5.97 Å². The van der Waals surface area contributed by atoms with Crippen LogP contribution in [0.2, 0.25) is 0 Å². The highest BCUT2D eigenvalue weighted by atomic mass is 79.9. The van der Waals surface area contributed by atoms with E-state index < -0.39 is 5.97 Å². The number of ether oxygens (including phenoxy) is 2. The summed E-state index contributed by atoms with van der Waals surface area (Å²) in [6.07, 6.45) is 0. The molecule has 2 N–H and O–H groups in total.